The van der Waals surface area contributed by atoms with Gasteiger partial charge in [-0.15, -0.1) is 0 Å². The average Bonchev–Trinajstić information content (AvgIpc) is 3.54. The quantitative estimate of drug-likeness (QED) is 0.105. The summed E-state index contributed by atoms with van der Waals surface area (Å²) in [5.41, 5.74) is 2.87. The lowest BCUT2D eigenvalue weighted by Crippen LogP contribution is -2.13. The Morgan fingerprint density at radius 2 is 1.21 bits per heavy atom. The normalized spacial score (nSPS) is 11.5. The van der Waals surface area contributed by atoms with Crippen LogP contribution in [0.25, 0.3) is 22.5 Å². The molecule has 0 unspecified atom stereocenters. The highest BCUT2D eigenvalue weighted by Crippen LogP contribution is 2.38. The fraction of sp³-hybridized carbons (Fsp3) is 0.100. The molecule has 218 valence electrons. The molecule has 0 fully saturated rings. The van der Waals surface area contributed by atoms with E-state index >= 15 is 0 Å². The van der Waals surface area contributed by atoms with Crippen LogP contribution in [-0.4, -0.2) is 27.9 Å². The molecule has 0 saturated heterocycles. The van der Waals surface area contributed by atoms with Crippen LogP contribution in [0.15, 0.2) is 74.9 Å². The zero-order valence-corrected chi connectivity index (χ0v) is 25.7. The number of hydrogen-bond donors (Lipinski definition) is 1. The number of halogens is 4. The van der Waals surface area contributed by atoms with Gasteiger partial charge in [-0.1, -0.05) is 86.1 Å². The highest BCUT2D eigenvalue weighted by atomic mass is 35.5. The number of aryl methyl sites for hydroxylation is 2. The summed E-state index contributed by atoms with van der Waals surface area (Å²) < 4.78 is 10.5. The van der Waals surface area contributed by atoms with Gasteiger partial charge in [0.05, 0.1) is 25.8 Å². The summed E-state index contributed by atoms with van der Waals surface area (Å²) in [7, 11) is 0. The van der Waals surface area contributed by atoms with Crippen LogP contribution in [0, 0.1) is 13.8 Å². The number of amides is 1. The first-order valence-electron chi connectivity index (χ1n) is 12.6. The van der Waals surface area contributed by atoms with Gasteiger partial charge in [-0.25, -0.2) is 4.79 Å². The second-order valence-corrected chi connectivity index (χ2v) is 10.8. The Hall–Kier alpha value is -4.15. The Kier molecular flexibility index (Phi) is 8.89. The smallest absolute Gasteiger partial charge is 0.360 e. The molecule has 0 radical (unpaired) electrons. The first-order valence-corrected chi connectivity index (χ1v) is 14.1. The number of rotatable bonds is 7. The van der Waals surface area contributed by atoms with Crippen molar-refractivity contribution in [2.24, 2.45) is 5.16 Å². The third-order valence-corrected chi connectivity index (χ3v) is 7.64. The molecule has 0 spiro atoms. The topological polar surface area (TPSA) is 120 Å². The molecule has 43 heavy (non-hydrogen) atoms. The van der Waals surface area contributed by atoms with E-state index in [0.717, 1.165) is 0 Å². The molecule has 1 N–H and O–H groups in total. The van der Waals surface area contributed by atoms with E-state index in [1.54, 1.807) is 81.4 Å². The van der Waals surface area contributed by atoms with E-state index in [2.05, 4.69) is 20.8 Å². The van der Waals surface area contributed by atoms with Crippen LogP contribution in [-0.2, 0) is 4.84 Å². The lowest BCUT2D eigenvalue weighted by Gasteiger charge is -2.09. The number of aromatic nitrogens is 2. The van der Waals surface area contributed by atoms with Gasteiger partial charge in [0.1, 0.15) is 34.0 Å². The molecule has 9 nitrogen and oxygen atoms in total. The predicted molar refractivity (Wildman–Crippen MR) is 165 cm³/mol. The van der Waals surface area contributed by atoms with Crippen molar-refractivity contribution in [2.75, 3.05) is 5.32 Å². The second kappa shape index (κ2) is 12.6. The molecule has 0 aliphatic carbocycles. The van der Waals surface area contributed by atoms with E-state index in [4.69, 9.17) is 60.3 Å². The number of nitrogens with one attached hydrogen (secondary N) is 1. The second-order valence-electron chi connectivity index (χ2n) is 9.20. The summed E-state index contributed by atoms with van der Waals surface area (Å²) in [4.78, 5) is 31.4. The molecule has 2 heterocycles. The van der Waals surface area contributed by atoms with Crippen molar-refractivity contribution in [3.8, 4) is 22.5 Å². The molecule has 0 aliphatic rings. The summed E-state index contributed by atoms with van der Waals surface area (Å²) in [5.74, 6) is -0.748. The number of benzene rings is 3. The van der Waals surface area contributed by atoms with Crippen LogP contribution in [0.4, 0.5) is 5.69 Å². The van der Waals surface area contributed by atoms with Gasteiger partial charge in [0.15, 0.2) is 0 Å². The molecule has 1 amide bonds. The SMILES string of the molecule is C/C(=N/OC(=O)c1c(-c2c(Cl)cccc2Cl)noc1C)c1ccc(NC(=O)c2c(-c3c(Cl)cccc3Cl)noc2C)cc1. The summed E-state index contributed by atoms with van der Waals surface area (Å²) >= 11 is 25.2. The minimum atomic E-state index is -0.800. The highest BCUT2D eigenvalue weighted by Gasteiger charge is 2.27. The zero-order chi connectivity index (χ0) is 30.8. The molecule has 5 aromatic rings. The number of anilines is 1. The predicted octanol–water partition coefficient (Wildman–Crippen LogP) is 9.06. The Balaban J connectivity index is 1.31. The van der Waals surface area contributed by atoms with E-state index in [1.165, 1.54) is 0 Å². The van der Waals surface area contributed by atoms with Crippen molar-refractivity contribution < 1.29 is 23.5 Å². The number of nitrogens with zero attached hydrogens (tertiary/aromatic N) is 3. The monoisotopic (exact) mass is 656 g/mol. The van der Waals surface area contributed by atoms with E-state index in [9.17, 15) is 9.59 Å². The lowest BCUT2D eigenvalue weighted by atomic mass is 10.1. The van der Waals surface area contributed by atoms with E-state index in [0.29, 0.717) is 53.9 Å². The first kappa shape index (κ1) is 30.3. The number of carbonyl (C=O) groups excluding carboxylic acids is 2. The summed E-state index contributed by atoms with van der Waals surface area (Å²) in [6.45, 7) is 4.84. The molecule has 0 bridgehead atoms. The Morgan fingerprint density at radius 3 is 1.72 bits per heavy atom. The summed E-state index contributed by atoms with van der Waals surface area (Å²) in [5, 5.41) is 16.0. The average molecular weight is 658 g/mol. The third kappa shape index (κ3) is 6.16. The van der Waals surface area contributed by atoms with E-state index < -0.39 is 11.9 Å². The van der Waals surface area contributed by atoms with Crippen molar-refractivity contribution in [3.05, 3.63) is 109 Å². The van der Waals surface area contributed by atoms with Crippen LogP contribution >= 0.6 is 46.4 Å². The Morgan fingerprint density at radius 1 is 0.744 bits per heavy atom. The van der Waals surface area contributed by atoms with Gasteiger partial charge < -0.3 is 19.2 Å². The van der Waals surface area contributed by atoms with Gasteiger partial charge in [-0.2, -0.15) is 0 Å². The molecule has 0 aliphatic heterocycles. The molecule has 0 atom stereocenters. The Bertz CT molecular complexity index is 1860. The van der Waals surface area contributed by atoms with Gasteiger partial charge in [0, 0.05) is 16.8 Å². The van der Waals surface area contributed by atoms with Gasteiger partial charge in [-0.3, -0.25) is 4.79 Å². The maximum atomic E-state index is 13.2. The molecular weight excluding hydrogens is 638 g/mol. The van der Waals surface area contributed by atoms with Crippen LogP contribution in [0.2, 0.25) is 20.1 Å². The minimum absolute atomic E-state index is 0.0473. The van der Waals surface area contributed by atoms with Gasteiger partial charge in [0.2, 0.25) is 0 Å². The van der Waals surface area contributed by atoms with Crippen molar-refractivity contribution in [2.45, 2.75) is 20.8 Å². The number of carbonyl (C=O) groups is 2. The van der Waals surface area contributed by atoms with Crippen LogP contribution in [0.1, 0.15) is 44.7 Å². The molecule has 2 aromatic heterocycles. The molecule has 13 heteroatoms. The van der Waals surface area contributed by atoms with E-state index in [1.807, 2.05) is 0 Å². The highest BCUT2D eigenvalue weighted by molar-refractivity contribution is 6.40. The zero-order valence-electron chi connectivity index (χ0n) is 22.7. The van der Waals surface area contributed by atoms with Crippen molar-refractivity contribution in [3.63, 3.8) is 0 Å². The maximum absolute atomic E-state index is 13.2. The number of oxime groups is 1. The largest absolute Gasteiger partial charge is 0.371 e. The summed E-state index contributed by atoms with van der Waals surface area (Å²) in [6, 6.07) is 16.6. The van der Waals surface area contributed by atoms with Crippen LogP contribution < -0.4 is 5.32 Å². The van der Waals surface area contributed by atoms with E-state index in [-0.39, 0.29) is 28.3 Å². The fourth-order valence-electron chi connectivity index (χ4n) is 4.24. The summed E-state index contributed by atoms with van der Waals surface area (Å²) in [6.07, 6.45) is 0. The van der Waals surface area contributed by atoms with Crippen LogP contribution in [0.5, 0.6) is 0 Å². The van der Waals surface area contributed by atoms with Gasteiger partial charge in [-0.05, 0) is 62.7 Å². The van der Waals surface area contributed by atoms with Crippen molar-refractivity contribution in [1.29, 1.82) is 0 Å². The fourth-order valence-corrected chi connectivity index (χ4v) is 5.39. The molecule has 0 saturated carbocycles. The third-order valence-electron chi connectivity index (χ3n) is 6.38. The molecule has 3 aromatic carbocycles. The standard InChI is InChI=1S/C30H20Cl4N4O5/c1-14(36-43-30(40)24-16(3)42-38-28(24)26-21(33)8-5-9-22(26)34)17-10-12-18(13-11-17)35-29(39)23-15(2)41-37-27(23)25-19(31)6-4-7-20(25)32/h4-13H,1-3H3,(H,35,39)/b36-14-. The number of hydrogen-bond acceptors (Lipinski definition) is 8. The minimum Gasteiger partial charge on any atom is -0.360 e. The Labute approximate surface area is 265 Å². The first-order chi connectivity index (χ1) is 20.6. The van der Waals surface area contributed by atoms with Crippen LogP contribution in [0.3, 0.4) is 0 Å². The lowest BCUT2D eigenvalue weighted by molar-refractivity contribution is 0.0515. The van der Waals surface area contributed by atoms with Gasteiger partial charge in [0.25, 0.3) is 5.91 Å². The van der Waals surface area contributed by atoms with Crippen molar-refractivity contribution >= 4 is 69.7 Å². The molecular formula is C30H20Cl4N4O5. The van der Waals surface area contributed by atoms with Gasteiger partial charge >= 0.3 is 5.97 Å². The van der Waals surface area contributed by atoms with Crippen molar-refractivity contribution in [1.82, 2.24) is 10.3 Å². The molecule has 5 rings (SSSR count). The maximum Gasteiger partial charge on any atom is 0.371 e.